The number of rotatable bonds is 8. The Kier molecular flexibility index (Phi) is 8.73. The summed E-state index contributed by atoms with van der Waals surface area (Å²) in [6.07, 6.45) is 10.8. The Labute approximate surface area is 152 Å². The zero-order valence-corrected chi connectivity index (χ0v) is 15.9. The number of nitrogens with zero attached hydrogens (tertiary/aromatic N) is 1. The van der Waals surface area contributed by atoms with Gasteiger partial charge in [-0.25, -0.2) is 5.32 Å². The van der Waals surface area contributed by atoms with Gasteiger partial charge >= 0.3 is 11.9 Å². The summed E-state index contributed by atoms with van der Waals surface area (Å²) in [7, 11) is 0. The summed E-state index contributed by atoms with van der Waals surface area (Å²) >= 11 is 0. The van der Waals surface area contributed by atoms with E-state index in [1.165, 1.54) is 12.8 Å². The van der Waals surface area contributed by atoms with E-state index in [2.05, 4.69) is 19.2 Å². The summed E-state index contributed by atoms with van der Waals surface area (Å²) in [6.45, 7) is 4.33. The molecule has 0 heterocycles. The summed E-state index contributed by atoms with van der Waals surface area (Å²) in [5.74, 6) is 0.913. The molecule has 0 saturated heterocycles. The highest BCUT2D eigenvalue weighted by Crippen LogP contribution is 2.29. The Morgan fingerprint density at radius 2 is 1.08 bits per heavy atom. The van der Waals surface area contributed by atoms with Crippen LogP contribution in [0, 0.1) is 11.8 Å². The fraction of sp³-hybridized carbons (Fsp3) is 0.900. The Morgan fingerprint density at radius 3 is 1.40 bits per heavy atom. The van der Waals surface area contributed by atoms with Gasteiger partial charge < -0.3 is 9.47 Å². The molecule has 0 spiro atoms. The highest BCUT2D eigenvalue weighted by molar-refractivity contribution is 5.75. The molecule has 2 fully saturated rings. The van der Waals surface area contributed by atoms with Crippen LogP contribution >= 0.6 is 0 Å². The van der Waals surface area contributed by atoms with Gasteiger partial charge in [0, 0.05) is 0 Å². The fourth-order valence-electron chi connectivity index (χ4n) is 4.00. The van der Waals surface area contributed by atoms with E-state index in [0.29, 0.717) is 0 Å². The maximum absolute atomic E-state index is 11.8. The Balaban J connectivity index is 1.53. The van der Waals surface area contributed by atoms with Gasteiger partial charge in [-0.1, -0.05) is 26.7 Å². The van der Waals surface area contributed by atoms with Crippen molar-refractivity contribution in [2.24, 2.45) is 11.8 Å². The summed E-state index contributed by atoms with van der Waals surface area (Å²) in [4.78, 5) is 23.7. The minimum absolute atomic E-state index is 0.0335. The first-order valence-corrected chi connectivity index (χ1v) is 10.1. The van der Waals surface area contributed by atoms with Crippen LogP contribution in [0.15, 0.2) is 0 Å². The number of esters is 2. The molecule has 2 aliphatic carbocycles. The molecular weight excluding hydrogens is 318 g/mol. The molecule has 0 N–H and O–H groups in total. The monoisotopic (exact) mass is 352 g/mol. The van der Waals surface area contributed by atoms with E-state index in [9.17, 15) is 9.59 Å². The SMILES string of the molecule is CCC1CCC(OC(=O)C[N]CC(=O)OC2CCC(CC)CC2)CC1. The van der Waals surface area contributed by atoms with Crippen LogP contribution in [-0.2, 0) is 19.1 Å². The van der Waals surface area contributed by atoms with E-state index in [0.717, 1.165) is 63.2 Å². The van der Waals surface area contributed by atoms with Crippen molar-refractivity contribution in [3.05, 3.63) is 0 Å². The predicted molar refractivity (Wildman–Crippen MR) is 96.1 cm³/mol. The van der Waals surface area contributed by atoms with E-state index in [1.54, 1.807) is 0 Å². The molecule has 0 aromatic heterocycles. The van der Waals surface area contributed by atoms with Crippen molar-refractivity contribution >= 4 is 11.9 Å². The molecular formula is C20H34NO4. The summed E-state index contributed by atoms with van der Waals surface area (Å²) in [6, 6.07) is 0. The zero-order valence-electron chi connectivity index (χ0n) is 15.9. The van der Waals surface area contributed by atoms with Crippen LogP contribution in [0.4, 0.5) is 0 Å². The molecule has 0 bridgehead atoms. The van der Waals surface area contributed by atoms with Crippen LogP contribution in [0.2, 0.25) is 0 Å². The van der Waals surface area contributed by atoms with E-state index < -0.39 is 0 Å². The van der Waals surface area contributed by atoms with E-state index in [-0.39, 0.29) is 37.2 Å². The molecule has 0 aromatic carbocycles. The van der Waals surface area contributed by atoms with Crippen molar-refractivity contribution in [2.45, 2.75) is 90.3 Å². The van der Waals surface area contributed by atoms with E-state index in [4.69, 9.17) is 9.47 Å². The van der Waals surface area contributed by atoms with Gasteiger partial charge in [-0.15, -0.1) is 0 Å². The molecule has 0 unspecified atom stereocenters. The van der Waals surface area contributed by atoms with Crippen molar-refractivity contribution in [3.63, 3.8) is 0 Å². The Hall–Kier alpha value is -1.10. The van der Waals surface area contributed by atoms with E-state index in [1.807, 2.05) is 0 Å². The third kappa shape index (κ3) is 7.35. The second-order valence-electron chi connectivity index (χ2n) is 7.62. The molecule has 0 aliphatic heterocycles. The van der Waals surface area contributed by atoms with Gasteiger partial charge in [-0.2, -0.15) is 0 Å². The van der Waals surface area contributed by atoms with Crippen molar-refractivity contribution in [1.29, 1.82) is 0 Å². The van der Waals surface area contributed by atoms with Crippen molar-refractivity contribution < 1.29 is 19.1 Å². The third-order valence-electron chi connectivity index (χ3n) is 5.82. The largest absolute Gasteiger partial charge is 0.461 e. The zero-order chi connectivity index (χ0) is 18.1. The lowest BCUT2D eigenvalue weighted by molar-refractivity contribution is -0.151. The summed E-state index contributed by atoms with van der Waals surface area (Å²) < 4.78 is 10.9. The third-order valence-corrected chi connectivity index (χ3v) is 5.82. The van der Waals surface area contributed by atoms with Crippen molar-refractivity contribution in [2.75, 3.05) is 13.1 Å². The predicted octanol–water partition coefficient (Wildman–Crippen LogP) is 3.61. The molecule has 0 amide bonds. The first kappa shape index (κ1) is 20.2. The standard InChI is InChI=1S/C20H34NO4/c1-3-15-5-9-17(10-6-15)24-19(22)13-21-14-20(23)25-18-11-7-16(4-2)8-12-18/h15-18H,3-14H2,1-2H3. The van der Waals surface area contributed by atoms with Crippen molar-refractivity contribution in [3.8, 4) is 0 Å². The van der Waals surface area contributed by atoms with Gasteiger partial charge in [-0.3, -0.25) is 9.59 Å². The quantitative estimate of drug-likeness (QED) is 0.626. The fourth-order valence-corrected chi connectivity index (χ4v) is 4.00. The molecule has 5 nitrogen and oxygen atoms in total. The molecule has 2 rings (SSSR count). The number of carbonyl (C=O) groups is 2. The second kappa shape index (κ2) is 10.8. The lowest BCUT2D eigenvalue weighted by Crippen LogP contribution is -2.32. The van der Waals surface area contributed by atoms with Crippen LogP contribution in [-0.4, -0.2) is 37.2 Å². The number of carbonyl (C=O) groups excluding carboxylic acids is 2. The molecule has 2 saturated carbocycles. The van der Waals surface area contributed by atoms with Gasteiger partial charge in [0.2, 0.25) is 0 Å². The van der Waals surface area contributed by atoms with Crippen LogP contribution in [0.25, 0.3) is 0 Å². The van der Waals surface area contributed by atoms with Gasteiger partial charge in [0.05, 0.1) is 0 Å². The average molecular weight is 352 g/mol. The van der Waals surface area contributed by atoms with Crippen LogP contribution < -0.4 is 5.32 Å². The maximum Gasteiger partial charge on any atom is 0.321 e. The molecule has 1 radical (unpaired) electrons. The van der Waals surface area contributed by atoms with Gasteiger partial charge in [0.15, 0.2) is 0 Å². The molecule has 2 aliphatic rings. The molecule has 143 valence electrons. The number of ether oxygens (including phenoxy) is 2. The number of hydrogen-bond donors (Lipinski definition) is 0. The lowest BCUT2D eigenvalue weighted by Gasteiger charge is -2.27. The molecule has 0 aromatic rings. The minimum atomic E-state index is -0.323. The molecule has 5 heteroatoms. The normalized spacial score (nSPS) is 29.8. The van der Waals surface area contributed by atoms with Gasteiger partial charge in [0.1, 0.15) is 25.3 Å². The highest BCUT2D eigenvalue weighted by Gasteiger charge is 2.24. The van der Waals surface area contributed by atoms with Crippen molar-refractivity contribution in [1.82, 2.24) is 5.32 Å². The summed E-state index contributed by atoms with van der Waals surface area (Å²) in [5.41, 5.74) is 0. The van der Waals surface area contributed by atoms with Crippen LogP contribution in [0.3, 0.4) is 0 Å². The molecule has 25 heavy (non-hydrogen) atoms. The van der Waals surface area contributed by atoms with E-state index >= 15 is 0 Å². The summed E-state index contributed by atoms with van der Waals surface area (Å²) in [5, 5.41) is 4.02. The van der Waals surface area contributed by atoms with Gasteiger partial charge in [0.25, 0.3) is 0 Å². The van der Waals surface area contributed by atoms with Crippen LogP contribution in [0.1, 0.15) is 78.1 Å². The minimum Gasteiger partial charge on any atom is -0.461 e. The van der Waals surface area contributed by atoms with Crippen LogP contribution in [0.5, 0.6) is 0 Å². The average Bonchev–Trinajstić information content (AvgIpc) is 2.63. The van der Waals surface area contributed by atoms with Gasteiger partial charge in [-0.05, 0) is 63.2 Å². The Morgan fingerprint density at radius 1 is 0.720 bits per heavy atom. The first-order valence-electron chi connectivity index (χ1n) is 10.1. The lowest BCUT2D eigenvalue weighted by atomic mass is 9.86. The smallest absolute Gasteiger partial charge is 0.321 e. The first-order chi connectivity index (χ1) is 12.1. The topological polar surface area (TPSA) is 66.7 Å². The molecule has 0 atom stereocenters. The highest BCUT2D eigenvalue weighted by atomic mass is 16.5. The Bertz CT molecular complexity index is 372. The second-order valence-corrected chi connectivity index (χ2v) is 7.62. The number of hydrogen-bond acceptors (Lipinski definition) is 4. The maximum atomic E-state index is 11.8.